The highest BCUT2D eigenvalue weighted by Crippen LogP contribution is 2.38. The quantitative estimate of drug-likeness (QED) is 0.379. The molecular weight excluding hydrogens is 484 g/mol. The number of amides is 1. The van der Waals surface area contributed by atoms with E-state index in [1.54, 1.807) is 29.7 Å². The number of primary amides is 1. The monoisotopic (exact) mass is 518 g/mol. The molecule has 2 aromatic heterocycles. The zero-order valence-electron chi connectivity index (χ0n) is 20.5. The molecule has 35 heavy (non-hydrogen) atoms. The molecule has 1 aliphatic heterocycles. The first-order valence-electron chi connectivity index (χ1n) is 12.0. The molecule has 190 valence electrons. The summed E-state index contributed by atoms with van der Waals surface area (Å²) in [6, 6.07) is 8.42. The Bertz CT molecular complexity index is 1290. The number of aromatic nitrogens is 1. The number of nitrogens with zero attached hydrogens (tertiary/aromatic N) is 1. The van der Waals surface area contributed by atoms with Crippen molar-refractivity contribution >= 4 is 38.2 Å². The summed E-state index contributed by atoms with van der Waals surface area (Å²) >= 11 is 1.69. The van der Waals surface area contributed by atoms with Crippen molar-refractivity contribution in [2.75, 3.05) is 32.6 Å². The molecule has 3 heterocycles. The van der Waals surface area contributed by atoms with Crippen LogP contribution in [0.4, 0.5) is 0 Å². The van der Waals surface area contributed by atoms with E-state index in [2.05, 4.69) is 35.4 Å². The molecule has 1 amide bonds. The topological polar surface area (TPSA) is 118 Å². The number of ether oxygens (including phenoxy) is 1. The van der Waals surface area contributed by atoms with Gasteiger partial charge in [-0.05, 0) is 68.0 Å². The number of aromatic amines is 1. The van der Waals surface area contributed by atoms with Crippen LogP contribution in [0, 0.1) is 0 Å². The summed E-state index contributed by atoms with van der Waals surface area (Å²) < 4.78 is 31.3. The fourth-order valence-corrected chi connectivity index (χ4v) is 6.84. The maximum atomic E-state index is 12.3. The summed E-state index contributed by atoms with van der Waals surface area (Å²) in [6.45, 7) is 6.18. The third kappa shape index (κ3) is 5.62. The lowest BCUT2D eigenvalue weighted by Gasteiger charge is -2.31. The molecule has 1 atom stereocenters. The molecule has 10 heteroatoms. The third-order valence-electron chi connectivity index (χ3n) is 6.73. The van der Waals surface area contributed by atoms with Crippen LogP contribution in [0.5, 0.6) is 0 Å². The minimum Gasteiger partial charge on any atom is -0.383 e. The Balaban J connectivity index is 1.61. The number of hydrogen-bond acceptors (Lipinski definition) is 6. The number of sulfonamides is 1. The Kier molecular flexibility index (Phi) is 7.97. The van der Waals surface area contributed by atoms with Crippen molar-refractivity contribution in [2.45, 2.75) is 45.2 Å². The summed E-state index contributed by atoms with van der Waals surface area (Å²) in [5.74, 6) is -0.131. The maximum Gasteiger partial charge on any atom is 0.250 e. The van der Waals surface area contributed by atoms with E-state index in [4.69, 9.17) is 10.5 Å². The minimum atomic E-state index is -3.17. The summed E-state index contributed by atoms with van der Waals surface area (Å²) in [7, 11) is -1.48. The van der Waals surface area contributed by atoms with Crippen LogP contribution < -0.4 is 11.1 Å². The fraction of sp³-hybridized carbons (Fsp3) is 0.480. The van der Waals surface area contributed by atoms with Crippen molar-refractivity contribution in [3.63, 3.8) is 0 Å². The number of carbonyl (C=O) groups is 1. The summed E-state index contributed by atoms with van der Waals surface area (Å²) in [5.41, 5.74) is 9.04. The molecule has 1 fully saturated rings. The maximum absolute atomic E-state index is 12.3. The van der Waals surface area contributed by atoms with Crippen LogP contribution in [0.15, 0.2) is 30.5 Å². The standard InChI is InChI=1S/C25H34N4O4S2/c1-4-35(31,32)29-9-7-17(8-10-29)22-14-28-24-20(22)11-18(12-21(24)25(26)30)23-6-5-19(34-23)13-27-16(2)15-33-3/h5-6,11-12,14,16-17,27-28H,4,7-10,13,15H2,1-3H3,(H2,26,30). The van der Waals surface area contributed by atoms with E-state index in [-0.39, 0.29) is 17.7 Å². The van der Waals surface area contributed by atoms with Crippen molar-refractivity contribution in [2.24, 2.45) is 5.73 Å². The number of piperidine rings is 1. The molecule has 0 aliphatic carbocycles. The predicted molar refractivity (Wildman–Crippen MR) is 141 cm³/mol. The van der Waals surface area contributed by atoms with Crippen LogP contribution in [-0.2, 0) is 21.3 Å². The van der Waals surface area contributed by atoms with Crippen LogP contribution in [0.3, 0.4) is 0 Å². The van der Waals surface area contributed by atoms with Crippen molar-refractivity contribution in [1.29, 1.82) is 0 Å². The molecule has 1 saturated heterocycles. The molecule has 4 rings (SSSR count). The number of H-pyrrole nitrogens is 1. The number of benzene rings is 1. The van der Waals surface area contributed by atoms with Crippen LogP contribution in [0.25, 0.3) is 21.3 Å². The van der Waals surface area contributed by atoms with E-state index in [0.29, 0.717) is 25.3 Å². The molecule has 3 aromatic rings. The lowest BCUT2D eigenvalue weighted by molar-refractivity contribution is 0.100. The highest BCUT2D eigenvalue weighted by Gasteiger charge is 2.29. The Morgan fingerprint density at radius 3 is 2.71 bits per heavy atom. The van der Waals surface area contributed by atoms with Gasteiger partial charge in [0.05, 0.1) is 23.4 Å². The minimum absolute atomic E-state index is 0.125. The number of nitrogens with one attached hydrogen (secondary N) is 2. The Morgan fingerprint density at radius 1 is 1.31 bits per heavy atom. The predicted octanol–water partition coefficient (Wildman–Crippen LogP) is 3.65. The highest BCUT2D eigenvalue weighted by atomic mass is 32.2. The molecule has 1 aliphatic rings. The van der Waals surface area contributed by atoms with Gasteiger partial charge in [0, 0.05) is 54.1 Å². The smallest absolute Gasteiger partial charge is 0.250 e. The lowest BCUT2D eigenvalue weighted by Crippen LogP contribution is -2.38. The third-order valence-corrected chi connectivity index (χ3v) is 9.74. The van der Waals surface area contributed by atoms with Crippen molar-refractivity contribution in [3.05, 3.63) is 46.5 Å². The summed E-state index contributed by atoms with van der Waals surface area (Å²) in [6.07, 6.45) is 3.45. The van der Waals surface area contributed by atoms with E-state index in [9.17, 15) is 13.2 Å². The van der Waals surface area contributed by atoms with Gasteiger partial charge in [-0.3, -0.25) is 4.79 Å². The van der Waals surface area contributed by atoms with Gasteiger partial charge < -0.3 is 20.8 Å². The molecule has 0 bridgehead atoms. The van der Waals surface area contributed by atoms with Gasteiger partial charge in [0.15, 0.2) is 0 Å². The second-order valence-corrected chi connectivity index (χ2v) is 12.6. The SMILES string of the molecule is CCS(=O)(=O)N1CCC(c2c[nH]c3c(C(N)=O)cc(-c4ccc(CNC(C)COC)s4)cc23)CC1. The molecule has 8 nitrogen and oxygen atoms in total. The number of hydrogen-bond donors (Lipinski definition) is 3. The normalized spacial score (nSPS) is 16.7. The van der Waals surface area contributed by atoms with Crippen molar-refractivity contribution < 1.29 is 17.9 Å². The van der Waals surface area contributed by atoms with Gasteiger partial charge in [-0.2, -0.15) is 0 Å². The summed E-state index contributed by atoms with van der Waals surface area (Å²) in [4.78, 5) is 17.9. The second-order valence-electron chi connectivity index (χ2n) is 9.13. The van der Waals surface area contributed by atoms with Crippen molar-refractivity contribution in [1.82, 2.24) is 14.6 Å². The van der Waals surface area contributed by atoms with Crippen LogP contribution in [0.1, 0.15) is 53.4 Å². The molecular formula is C25H34N4O4S2. The van der Waals surface area contributed by atoms with Gasteiger partial charge in [-0.15, -0.1) is 11.3 Å². The van der Waals surface area contributed by atoms with Gasteiger partial charge in [0.2, 0.25) is 10.0 Å². The molecule has 1 aromatic carbocycles. The summed E-state index contributed by atoms with van der Waals surface area (Å²) in [5, 5.41) is 4.43. The fourth-order valence-electron chi connectivity index (χ4n) is 4.77. The Labute approximate surface area is 210 Å². The van der Waals surface area contributed by atoms with Gasteiger partial charge in [0.1, 0.15) is 0 Å². The molecule has 0 saturated carbocycles. The second kappa shape index (κ2) is 10.8. The number of thiophene rings is 1. The largest absolute Gasteiger partial charge is 0.383 e. The van der Waals surface area contributed by atoms with E-state index in [1.165, 1.54) is 4.88 Å². The van der Waals surface area contributed by atoms with Crippen LogP contribution >= 0.6 is 11.3 Å². The molecule has 0 spiro atoms. The van der Waals surface area contributed by atoms with E-state index < -0.39 is 15.9 Å². The van der Waals surface area contributed by atoms with Gasteiger partial charge in [-0.1, -0.05) is 0 Å². The number of fused-ring (bicyclic) bond motifs is 1. The van der Waals surface area contributed by atoms with Gasteiger partial charge >= 0.3 is 0 Å². The highest BCUT2D eigenvalue weighted by molar-refractivity contribution is 7.89. The average Bonchev–Trinajstić information content (AvgIpc) is 3.49. The number of carbonyl (C=O) groups excluding carboxylic acids is 1. The lowest BCUT2D eigenvalue weighted by atomic mass is 9.89. The zero-order valence-corrected chi connectivity index (χ0v) is 22.1. The first-order valence-corrected chi connectivity index (χ1v) is 14.4. The number of nitrogens with two attached hydrogens (primary N) is 1. The Hall–Kier alpha value is -2.24. The van der Waals surface area contributed by atoms with E-state index >= 15 is 0 Å². The average molecular weight is 519 g/mol. The van der Waals surface area contributed by atoms with Gasteiger partial charge in [0.25, 0.3) is 5.91 Å². The van der Waals surface area contributed by atoms with E-state index in [1.807, 2.05) is 12.3 Å². The van der Waals surface area contributed by atoms with Crippen LogP contribution in [-0.4, -0.2) is 62.2 Å². The molecule has 0 radical (unpaired) electrons. The molecule has 1 unspecified atom stereocenters. The van der Waals surface area contributed by atoms with Crippen LogP contribution in [0.2, 0.25) is 0 Å². The molecule has 4 N–H and O–H groups in total. The van der Waals surface area contributed by atoms with E-state index in [0.717, 1.165) is 46.3 Å². The Morgan fingerprint density at radius 2 is 2.06 bits per heavy atom. The zero-order chi connectivity index (χ0) is 25.2. The first kappa shape index (κ1) is 25.8. The number of rotatable bonds is 10. The first-order chi connectivity index (χ1) is 16.7. The van der Waals surface area contributed by atoms with Crippen molar-refractivity contribution in [3.8, 4) is 10.4 Å². The number of methoxy groups -OCH3 is 1. The van der Waals surface area contributed by atoms with Gasteiger partial charge in [-0.25, -0.2) is 12.7 Å².